The van der Waals surface area contributed by atoms with Crippen molar-refractivity contribution in [3.63, 3.8) is 0 Å². The van der Waals surface area contributed by atoms with Crippen LogP contribution in [0.3, 0.4) is 0 Å². The Hall–Kier alpha value is -1.72. The van der Waals surface area contributed by atoms with Crippen molar-refractivity contribution in [2.45, 2.75) is 11.8 Å². The lowest BCUT2D eigenvalue weighted by Gasteiger charge is -2.09. The van der Waals surface area contributed by atoms with E-state index in [2.05, 4.69) is 4.28 Å². The molecule has 2 aromatic carbocycles. The minimum absolute atomic E-state index is 0.0904. The monoisotopic (exact) mass is 332 g/mol. The van der Waals surface area contributed by atoms with Gasteiger partial charge in [-0.1, -0.05) is 12.1 Å². The number of hydrogen-bond donors (Lipinski definition) is 3. The zero-order valence-corrected chi connectivity index (χ0v) is 12.4. The van der Waals surface area contributed by atoms with Crippen molar-refractivity contribution in [2.24, 2.45) is 5.90 Å². The molecule has 2 rings (SSSR count). The highest BCUT2D eigenvalue weighted by molar-refractivity contribution is 7.87. The third kappa shape index (κ3) is 3.49. The fourth-order valence-corrected chi connectivity index (χ4v) is 3.26. The van der Waals surface area contributed by atoms with Crippen LogP contribution in [0.5, 0.6) is 0 Å². The number of aryl methyl sites for hydroxylation is 1. The maximum absolute atomic E-state index is 11.8. The lowest BCUT2D eigenvalue weighted by Crippen LogP contribution is -2.12. The van der Waals surface area contributed by atoms with Gasteiger partial charge in [-0.25, -0.2) is 0 Å². The maximum Gasteiger partial charge on any atom is 0.357 e. The van der Waals surface area contributed by atoms with Crippen LogP contribution in [0.25, 0.3) is 10.8 Å². The van der Waals surface area contributed by atoms with Crippen LogP contribution in [0.2, 0.25) is 0 Å². The van der Waals surface area contributed by atoms with Gasteiger partial charge in [-0.05, 0) is 36.1 Å². The first-order valence-corrected chi connectivity index (χ1v) is 8.40. The van der Waals surface area contributed by atoms with Crippen LogP contribution in [0, 0.1) is 6.92 Å². The van der Waals surface area contributed by atoms with Gasteiger partial charge in [-0.3, -0.25) is 9.27 Å². The molecule has 0 aliphatic rings. The SMILES string of the molecule is Cc1cc(S(=O)(=O)ON)c2ccc(NS(=O)(=O)O)cc2c1. The Morgan fingerprint density at radius 3 is 2.38 bits per heavy atom. The predicted molar refractivity (Wildman–Crippen MR) is 76.3 cm³/mol. The van der Waals surface area contributed by atoms with Gasteiger partial charge in [-0.2, -0.15) is 27.0 Å². The molecule has 0 radical (unpaired) electrons. The van der Waals surface area contributed by atoms with Gasteiger partial charge in [0.15, 0.2) is 0 Å². The van der Waals surface area contributed by atoms with Crippen molar-refractivity contribution in [3.05, 3.63) is 35.9 Å². The van der Waals surface area contributed by atoms with Crippen LogP contribution in [0.4, 0.5) is 5.69 Å². The summed E-state index contributed by atoms with van der Waals surface area (Å²) in [6.07, 6.45) is 0. The Labute approximate surface area is 121 Å². The number of benzene rings is 2. The van der Waals surface area contributed by atoms with E-state index in [1.807, 2.05) is 4.72 Å². The topological polar surface area (TPSA) is 136 Å². The second-order valence-corrected chi connectivity index (χ2v) is 7.02. The Bertz CT molecular complexity index is 906. The first kappa shape index (κ1) is 15.7. The Morgan fingerprint density at radius 1 is 1.14 bits per heavy atom. The standard InChI is InChI=1S/C11H12N2O6S2/c1-7-4-8-6-9(13-21(16,17)18)2-3-10(8)11(5-7)20(14,15)19-12/h2-6,13H,12H2,1H3,(H,16,17,18). The van der Waals surface area contributed by atoms with Gasteiger partial charge in [0.2, 0.25) is 0 Å². The van der Waals surface area contributed by atoms with E-state index in [1.54, 1.807) is 13.0 Å². The van der Waals surface area contributed by atoms with Crippen LogP contribution >= 0.6 is 0 Å². The van der Waals surface area contributed by atoms with Crippen LogP contribution in [-0.4, -0.2) is 21.4 Å². The quantitative estimate of drug-likeness (QED) is 0.560. The zero-order valence-electron chi connectivity index (χ0n) is 10.8. The van der Waals surface area contributed by atoms with Gasteiger partial charge < -0.3 is 0 Å². The summed E-state index contributed by atoms with van der Waals surface area (Å²) in [5.41, 5.74) is 0.703. The summed E-state index contributed by atoms with van der Waals surface area (Å²) < 4.78 is 59.8. The number of anilines is 1. The molecular formula is C11H12N2O6S2. The smallest absolute Gasteiger partial charge is 0.269 e. The van der Waals surface area contributed by atoms with Gasteiger partial charge in [0, 0.05) is 5.39 Å². The molecule has 114 valence electrons. The molecule has 0 aliphatic carbocycles. The molecule has 0 aliphatic heterocycles. The van der Waals surface area contributed by atoms with E-state index in [9.17, 15) is 16.8 Å². The molecule has 10 heteroatoms. The average molecular weight is 332 g/mol. The summed E-state index contributed by atoms with van der Waals surface area (Å²) in [6.45, 7) is 1.66. The molecule has 0 fully saturated rings. The van der Waals surface area contributed by atoms with E-state index < -0.39 is 20.4 Å². The third-order valence-corrected chi connectivity index (χ3v) is 4.33. The minimum Gasteiger partial charge on any atom is -0.269 e. The summed E-state index contributed by atoms with van der Waals surface area (Å²) in [6, 6.07) is 7.11. The van der Waals surface area contributed by atoms with Crippen LogP contribution in [0.15, 0.2) is 35.2 Å². The molecule has 4 N–H and O–H groups in total. The number of nitrogens with two attached hydrogens (primary N) is 1. The first-order valence-electron chi connectivity index (χ1n) is 5.55. The van der Waals surface area contributed by atoms with Gasteiger partial charge in [0.1, 0.15) is 4.90 Å². The third-order valence-electron chi connectivity index (χ3n) is 2.70. The molecule has 0 bridgehead atoms. The summed E-state index contributed by atoms with van der Waals surface area (Å²) >= 11 is 0. The highest BCUT2D eigenvalue weighted by Gasteiger charge is 2.18. The molecule has 0 saturated carbocycles. The van der Waals surface area contributed by atoms with Gasteiger partial charge in [-0.15, -0.1) is 0 Å². The molecule has 0 atom stereocenters. The van der Waals surface area contributed by atoms with Crippen molar-refractivity contribution in [2.75, 3.05) is 4.72 Å². The van der Waals surface area contributed by atoms with Crippen LogP contribution in [0.1, 0.15) is 5.56 Å². The highest BCUT2D eigenvalue weighted by Crippen LogP contribution is 2.28. The Morgan fingerprint density at radius 2 is 1.81 bits per heavy atom. The molecule has 0 saturated heterocycles. The maximum atomic E-state index is 11.8. The lowest BCUT2D eigenvalue weighted by atomic mass is 10.1. The van der Waals surface area contributed by atoms with Gasteiger partial charge >= 0.3 is 20.4 Å². The van der Waals surface area contributed by atoms with Crippen LogP contribution < -0.4 is 10.6 Å². The summed E-state index contributed by atoms with van der Waals surface area (Å²) in [5.74, 6) is 4.78. The summed E-state index contributed by atoms with van der Waals surface area (Å²) in [7, 11) is -8.52. The predicted octanol–water partition coefficient (Wildman–Crippen LogP) is 0.942. The van der Waals surface area contributed by atoms with E-state index >= 15 is 0 Å². The van der Waals surface area contributed by atoms with Crippen molar-refractivity contribution < 1.29 is 25.7 Å². The number of fused-ring (bicyclic) bond motifs is 1. The molecule has 2 aromatic rings. The van der Waals surface area contributed by atoms with Crippen molar-refractivity contribution in [1.82, 2.24) is 0 Å². The highest BCUT2D eigenvalue weighted by atomic mass is 32.2. The van der Waals surface area contributed by atoms with Crippen molar-refractivity contribution in [1.29, 1.82) is 0 Å². The number of nitrogens with one attached hydrogen (secondary N) is 1. The second kappa shape index (κ2) is 5.24. The van der Waals surface area contributed by atoms with Gasteiger partial charge in [0.05, 0.1) is 5.69 Å². The van der Waals surface area contributed by atoms with Crippen molar-refractivity contribution >= 4 is 36.9 Å². The molecule has 21 heavy (non-hydrogen) atoms. The Balaban J connectivity index is 2.71. The largest absolute Gasteiger partial charge is 0.357 e. The van der Waals surface area contributed by atoms with E-state index in [1.165, 1.54) is 24.3 Å². The zero-order chi connectivity index (χ0) is 15.8. The summed E-state index contributed by atoms with van der Waals surface area (Å²) in [4.78, 5) is -0.126. The fraction of sp³-hybridized carbons (Fsp3) is 0.0909. The number of hydrogen-bond acceptors (Lipinski definition) is 6. The molecule has 0 unspecified atom stereocenters. The second-order valence-electron chi connectivity index (χ2n) is 4.33. The molecule has 0 heterocycles. The van der Waals surface area contributed by atoms with E-state index in [4.69, 9.17) is 10.4 Å². The van der Waals surface area contributed by atoms with Crippen LogP contribution in [-0.2, 0) is 24.7 Å². The molecule has 8 nitrogen and oxygen atoms in total. The molecule has 0 amide bonds. The Kier molecular flexibility index (Phi) is 3.91. The van der Waals surface area contributed by atoms with E-state index in [-0.39, 0.29) is 10.6 Å². The molecule has 0 spiro atoms. The fourth-order valence-electron chi connectivity index (χ4n) is 1.95. The van der Waals surface area contributed by atoms with Crippen molar-refractivity contribution in [3.8, 4) is 0 Å². The first-order chi connectivity index (χ1) is 9.62. The summed E-state index contributed by atoms with van der Waals surface area (Å²) in [5, 5.41) is 0.756. The molecular weight excluding hydrogens is 320 g/mol. The van der Waals surface area contributed by atoms with Gasteiger partial charge in [0.25, 0.3) is 0 Å². The van der Waals surface area contributed by atoms with E-state index in [0.717, 1.165) is 0 Å². The molecule has 0 aromatic heterocycles. The minimum atomic E-state index is -4.41. The lowest BCUT2D eigenvalue weighted by molar-refractivity contribution is 0.333. The number of rotatable bonds is 4. The average Bonchev–Trinajstić information content (AvgIpc) is 2.35. The normalized spacial score (nSPS) is 12.5. The van der Waals surface area contributed by atoms with E-state index in [0.29, 0.717) is 16.3 Å².